The molecule has 0 radical (unpaired) electrons. The average Bonchev–Trinajstić information content (AvgIpc) is 2.58. The Morgan fingerprint density at radius 2 is 1.59 bits per heavy atom. The molecule has 0 saturated carbocycles. The molecule has 0 bridgehead atoms. The van der Waals surface area contributed by atoms with Gasteiger partial charge < -0.3 is 0 Å². The molecule has 1 aliphatic carbocycles. The summed E-state index contributed by atoms with van der Waals surface area (Å²) in [4.78, 5) is 0. The molecule has 27 heavy (non-hydrogen) atoms. The number of benzene rings is 1. The molecule has 146 valence electrons. The molecule has 0 saturated heterocycles. The fraction of sp³-hybridized carbons (Fsp3) is 0.389. The van der Waals surface area contributed by atoms with Gasteiger partial charge in [-0.05, 0) is 29.0 Å². The molecule has 9 heteroatoms. The van der Waals surface area contributed by atoms with E-state index in [0.29, 0.717) is 12.2 Å². The zero-order valence-electron chi connectivity index (χ0n) is 13.8. The van der Waals surface area contributed by atoms with Crippen LogP contribution in [0, 0.1) is 11.3 Å². The van der Waals surface area contributed by atoms with E-state index in [9.17, 15) is 31.6 Å². The van der Waals surface area contributed by atoms with Gasteiger partial charge in [0.2, 0.25) is 0 Å². The van der Waals surface area contributed by atoms with Crippen molar-refractivity contribution in [3.8, 4) is 6.07 Å². The molecule has 1 aliphatic rings. The Labute approximate surface area is 159 Å². The Hall–Kier alpha value is -1.82. The van der Waals surface area contributed by atoms with Crippen LogP contribution in [0.2, 0.25) is 0 Å². The summed E-state index contributed by atoms with van der Waals surface area (Å²) in [5.74, 6) is 0. The summed E-state index contributed by atoms with van der Waals surface area (Å²) in [6.45, 7) is 1.54. The minimum absolute atomic E-state index is 0.0230. The summed E-state index contributed by atoms with van der Waals surface area (Å²) in [5.41, 5.74) is -9.91. The molecular weight excluding hydrogens is 443 g/mol. The highest BCUT2D eigenvalue weighted by Crippen LogP contribution is 2.60. The third kappa shape index (κ3) is 3.28. The Kier molecular flexibility index (Phi) is 5.54. The van der Waals surface area contributed by atoms with Crippen molar-refractivity contribution in [2.24, 2.45) is 0 Å². The van der Waals surface area contributed by atoms with Gasteiger partial charge in [0, 0.05) is 0 Å². The first kappa shape index (κ1) is 21.5. The van der Waals surface area contributed by atoms with Crippen molar-refractivity contribution in [1.29, 1.82) is 5.26 Å². The monoisotopic (exact) mass is 455 g/mol. The molecule has 0 spiro atoms. The van der Waals surface area contributed by atoms with E-state index in [0.717, 1.165) is 12.1 Å². The van der Waals surface area contributed by atoms with Gasteiger partial charge in [-0.1, -0.05) is 58.8 Å². The molecule has 0 aliphatic heterocycles. The standard InChI is InChI=1S/C18H13BrF7N/c1-2-11-7-13(19)9-15(8-11,14-6-4-3-5-12(14)10-27)16(20,17(21,22)23)18(24,25)26/h3-6,8-9H,2,7H2,1H3. The average molecular weight is 456 g/mol. The summed E-state index contributed by atoms with van der Waals surface area (Å²) >= 11 is 2.95. The molecule has 1 aromatic carbocycles. The van der Waals surface area contributed by atoms with E-state index in [1.807, 2.05) is 0 Å². The fourth-order valence-corrected chi connectivity index (χ4v) is 3.99. The Morgan fingerprint density at radius 3 is 2.07 bits per heavy atom. The molecule has 1 atom stereocenters. The molecule has 0 fully saturated rings. The van der Waals surface area contributed by atoms with E-state index >= 15 is 4.39 Å². The van der Waals surface area contributed by atoms with Crippen molar-refractivity contribution < 1.29 is 30.7 Å². The highest BCUT2D eigenvalue weighted by molar-refractivity contribution is 9.11. The van der Waals surface area contributed by atoms with E-state index in [1.165, 1.54) is 12.1 Å². The maximum absolute atomic E-state index is 15.4. The molecule has 0 N–H and O–H groups in total. The van der Waals surface area contributed by atoms with E-state index in [-0.39, 0.29) is 22.9 Å². The van der Waals surface area contributed by atoms with Crippen molar-refractivity contribution >= 4 is 15.9 Å². The normalized spacial score (nSPS) is 21.3. The van der Waals surface area contributed by atoms with Gasteiger partial charge in [-0.25, -0.2) is 4.39 Å². The summed E-state index contributed by atoms with van der Waals surface area (Å²) in [7, 11) is 0. The van der Waals surface area contributed by atoms with Crippen molar-refractivity contribution in [2.75, 3.05) is 0 Å². The van der Waals surface area contributed by atoms with Gasteiger partial charge in [-0.2, -0.15) is 31.6 Å². The number of allylic oxidation sites excluding steroid dienone is 4. The van der Waals surface area contributed by atoms with E-state index in [2.05, 4.69) is 15.9 Å². The molecule has 0 aromatic heterocycles. The molecular formula is C18H13BrF7N. The summed E-state index contributed by atoms with van der Waals surface area (Å²) in [5, 5.41) is 9.24. The van der Waals surface area contributed by atoms with Crippen LogP contribution in [-0.4, -0.2) is 18.0 Å². The Morgan fingerprint density at radius 1 is 1.04 bits per heavy atom. The lowest BCUT2D eigenvalue weighted by molar-refractivity contribution is -0.354. The first-order valence-corrected chi connectivity index (χ1v) is 8.53. The van der Waals surface area contributed by atoms with Crippen LogP contribution in [0.5, 0.6) is 0 Å². The van der Waals surface area contributed by atoms with Gasteiger partial charge in [0.1, 0.15) is 0 Å². The lowest BCUT2D eigenvalue weighted by Gasteiger charge is -2.45. The predicted octanol–water partition coefficient (Wildman–Crippen LogP) is 6.65. The highest BCUT2D eigenvalue weighted by Gasteiger charge is 2.81. The largest absolute Gasteiger partial charge is 0.433 e. The first-order chi connectivity index (χ1) is 12.3. The second-order valence-electron chi connectivity index (χ2n) is 6.10. The molecule has 1 nitrogen and oxygen atoms in total. The molecule has 1 unspecified atom stereocenters. The summed E-state index contributed by atoms with van der Waals surface area (Å²) in [6, 6.07) is 5.98. The van der Waals surface area contributed by atoms with Crippen LogP contribution in [0.4, 0.5) is 30.7 Å². The zero-order chi connectivity index (χ0) is 20.7. The van der Waals surface area contributed by atoms with Crippen molar-refractivity contribution in [2.45, 2.75) is 43.2 Å². The maximum Gasteiger partial charge on any atom is 0.433 e. The molecule has 1 aromatic rings. The van der Waals surface area contributed by atoms with Crippen molar-refractivity contribution in [3.63, 3.8) is 0 Å². The quantitative estimate of drug-likeness (QED) is 0.369. The SMILES string of the molecule is CCC1=CC(c2ccccc2C#N)(C(F)(C(F)(F)F)C(F)(F)F)C=C(Br)C1. The number of rotatable bonds is 3. The van der Waals surface area contributed by atoms with Gasteiger partial charge >= 0.3 is 18.0 Å². The number of halogens is 8. The first-order valence-electron chi connectivity index (χ1n) is 7.74. The van der Waals surface area contributed by atoms with Crippen LogP contribution in [0.25, 0.3) is 0 Å². The van der Waals surface area contributed by atoms with Gasteiger partial charge in [0.25, 0.3) is 0 Å². The van der Waals surface area contributed by atoms with Crippen molar-refractivity contribution in [3.05, 3.63) is 57.6 Å². The topological polar surface area (TPSA) is 23.8 Å². The number of nitrogens with zero attached hydrogens (tertiary/aromatic N) is 1. The Balaban J connectivity index is 3.06. The van der Waals surface area contributed by atoms with Crippen LogP contribution >= 0.6 is 15.9 Å². The van der Waals surface area contributed by atoms with Crippen LogP contribution in [0.3, 0.4) is 0 Å². The minimum Gasteiger partial charge on any atom is -0.222 e. The third-order valence-electron chi connectivity index (χ3n) is 4.51. The van der Waals surface area contributed by atoms with Crippen molar-refractivity contribution in [1.82, 2.24) is 0 Å². The second-order valence-corrected chi connectivity index (χ2v) is 7.12. The predicted molar refractivity (Wildman–Crippen MR) is 88.8 cm³/mol. The number of nitriles is 1. The van der Waals surface area contributed by atoms with E-state index in [1.54, 1.807) is 13.0 Å². The molecule has 0 amide bonds. The van der Waals surface area contributed by atoms with Crippen LogP contribution in [0.1, 0.15) is 30.9 Å². The number of hydrogen-bond acceptors (Lipinski definition) is 1. The lowest BCUT2D eigenvalue weighted by Crippen LogP contribution is -2.65. The van der Waals surface area contributed by atoms with E-state index < -0.39 is 34.6 Å². The number of hydrogen-bond donors (Lipinski definition) is 0. The summed E-state index contributed by atoms with van der Waals surface area (Å²) < 4.78 is 97.3. The maximum atomic E-state index is 15.4. The van der Waals surface area contributed by atoms with Gasteiger partial charge in [-0.15, -0.1) is 0 Å². The molecule has 2 rings (SSSR count). The van der Waals surface area contributed by atoms with Crippen LogP contribution in [0.15, 0.2) is 46.5 Å². The van der Waals surface area contributed by atoms with Gasteiger partial charge in [-0.3, -0.25) is 0 Å². The van der Waals surface area contributed by atoms with E-state index in [4.69, 9.17) is 0 Å². The zero-order valence-corrected chi connectivity index (χ0v) is 15.4. The highest BCUT2D eigenvalue weighted by atomic mass is 79.9. The number of alkyl halides is 7. The van der Waals surface area contributed by atoms with Crippen LogP contribution in [-0.2, 0) is 5.41 Å². The summed E-state index contributed by atoms with van der Waals surface area (Å²) in [6.07, 6.45) is -11.2. The van der Waals surface area contributed by atoms with Crippen LogP contribution < -0.4 is 0 Å². The van der Waals surface area contributed by atoms with Gasteiger partial charge in [0.05, 0.1) is 17.0 Å². The smallest absolute Gasteiger partial charge is 0.222 e. The second kappa shape index (κ2) is 6.97. The third-order valence-corrected chi connectivity index (χ3v) is 5.02. The minimum atomic E-state index is -6.29. The van der Waals surface area contributed by atoms with Gasteiger partial charge in [0.15, 0.2) is 0 Å². The Bertz CT molecular complexity index is 815. The molecule has 0 heterocycles. The lowest BCUT2D eigenvalue weighted by atomic mass is 9.63. The fourth-order valence-electron chi connectivity index (χ4n) is 3.27.